The fourth-order valence-corrected chi connectivity index (χ4v) is 2.60. The van der Waals surface area contributed by atoms with Crippen molar-refractivity contribution in [2.24, 2.45) is 0 Å². The quantitative estimate of drug-likeness (QED) is 0.194. The number of unbranched alkanes of at least 4 members (excludes halogenated alkanes) is 9. The van der Waals surface area contributed by atoms with E-state index in [1.165, 1.54) is 51.4 Å². The molecule has 0 heterocycles. The van der Waals surface area contributed by atoms with Crippen LogP contribution in [0, 0.1) is 0 Å². The summed E-state index contributed by atoms with van der Waals surface area (Å²) in [6, 6.07) is 8.72. The Kier molecular flexibility index (Phi) is 12.3. The number of ether oxygens (including phenoxy) is 2. The average Bonchev–Trinajstić information content (AvgIpc) is 2.60. The van der Waals surface area contributed by atoms with Gasteiger partial charge in [0.15, 0.2) is 0 Å². The van der Waals surface area contributed by atoms with Crippen molar-refractivity contribution in [2.75, 3.05) is 6.61 Å². The molecule has 0 saturated heterocycles. The van der Waals surface area contributed by atoms with E-state index in [4.69, 9.17) is 9.47 Å². The monoisotopic (exact) mass is 348 g/mol. The lowest BCUT2D eigenvalue weighted by Crippen LogP contribution is -2.16. The first-order valence-electron chi connectivity index (χ1n) is 9.63. The van der Waals surface area contributed by atoms with Gasteiger partial charge in [0.25, 0.3) is 0 Å². The minimum Gasteiger partial charge on any atom is -0.465 e. The molecule has 0 spiro atoms. The zero-order valence-electron chi connectivity index (χ0n) is 15.5. The van der Waals surface area contributed by atoms with Crippen molar-refractivity contribution in [3.8, 4) is 5.75 Å². The number of rotatable bonds is 14. The van der Waals surface area contributed by atoms with Crippen molar-refractivity contribution in [3.63, 3.8) is 0 Å². The van der Waals surface area contributed by atoms with Crippen molar-refractivity contribution < 1.29 is 19.1 Å². The van der Waals surface area contributed by atoms with Crippen molar-refractivity contribution in [1.29, 1.82) is 0 Å². The maximum absolute atomic E-state index is 11.6. The number of carbonyl (C=O) groups is 2. The van der Waals surface area contributed by atoms with E-state index >= 15 is 0 Å². The zero-order valence-corrected chi connectivity index (χ0v) is 15.5. The predicted molar refractivity (Wildman–Crippen MR) is 99.5 cm³/mol. The molecule has 0 bridgehead atoms. The van der Waals surface area contributed by atoms with Gasteiger partial charge in [0.2, 0.25) is 0 Å². The van der Waals surface area contributed by atoms with Crippen LogP contribution in [0.3, 0.4) is 0 Å². The Morgan fingerprint density at radius 3 is 1.92 bits per heavy atom. The third-order valence-corrected chi connectivity index (χ3v) is 4.02. The summed E-state index contributed by atoms with van der Waals surface area (Å²) in [6.07, 6.45) is 12.0. The van der Waals surface area contributed by atoms with Gasteiger partial charge in [0.1, 0.15) is 12.2 Å². The van der Waals surface area contributed by atoms with Crippen LogP contribution in [0.25, 0.3) is 0 Å². The van der Waals surface area contributed by atoms with Gasteiger partial charge in [-0.2, -0.15) is 0 Å². The molecule has 0 unspecified atom stereocenters. The van der Waals surface area contributed by atoms with Crippen molar-refractivity contribution in [2.45, 2.75) is 77.6 Å². The third kappa shape index (κ3) is 12.2. The van der Waals surface area contributed by atoms with E-state index < -0.39 is 11.9 Å². The van der Waals surface area contributed by atoms with E-state index in [2.05, 4.69) is 6.92 Å². The first-order valence-corrected chi connectivity index (χ1v) is 9.63. The molecular weight excluding hydrogens is 316 g/mol. The lowest BCUT2D eigenvalue weighted by Gasteiger charge is -2.06. The number of hydrogen-bond acceptors (Lipinski definition) is 4. The van der Waals surface area contributed by atoms with Gasteiger partial charge in [-0.3, -0.25) is 9.59 Å². The molecule has 0 aliphatic heterocycles. The van der Waals surface area contributed by atoms with Gasteiger partial charge in [0, 0.05) is 0 Å². The summed E-state index contributed by atoms with van der Waals surface area (Å²) in [5, 5.41) is 0. The summed E-state index contributed by atoms with van der Waals surface area (Å²) in [4.78, 5) is 23.2. The van der Waals surface area contributed by atoms with Gasteiger partial charge >= 0.3 is 11.9 Å². The molecule has 0 aliphatic carbocycles. The lowest BCUT2D eigenvalue weighted by molar-refractivity contribution is -0.150. The van der Waals surface area contributed by atoms with Crippen LogP contribution in [0.4, 0.5) is 0 Å². The van der Waals surface area contributed by atoms with Gasteiger partial charge in [-0.15, -0.1) is 0 Å². The normalized spacial score (nSPS) is 10.4. The molecule has 0 amide bonds. The van der Waals surface area contributed by atoms with Gasteiger partial charge in [-0.05, 0) is 18.6 Å². The number of esters is 2. The van der Waals surface area contributed by atoms with E-state index in [1.807, 2.05) is 6.07 Å². The highest BCUT2D eigenvalue weighted by molar-refractivity contribution is 5.92. The van der Waals surface area contributed by atoms with Gasteiger partial charge in [-0.1, -0.05) is 82.9 Å². The SMILES string of the molecule is CCCCCCCCCCCCOC(=O)CC(=O)Oc1ccccc1. The second-order valence-corrected chi connectivity index (χ2v) is 6.37. The Hall–Kier alpha value is -1.84. The number of benzene rings is 1. The van der Waals surface area contributed by atoms with E-state index in [9.17, 15) is 9.59 Å². The molecule has 25 heavy (non-hydrogen) atoms. The molecule has 4 nitrogen and oxygen atoms in total. The van der Waals surface area contributed by atoms with Crippen LogP contribution >= 0.6 is 0 Å². The smallest absolute Gasteiger partial charge is 0.322 e. The molecule has 0 N–H and O–H groups in total. The lowest BCUT2D eigenvalue weighted by atomic mass is 10.1. The molecule has 4 heteroatoms. The predicted octanol–water partition coefficient (Wildman–Crippen LogP) is 5.45. The van der Waals surface area contributed by atoms with E-state index in [0.29, 0.717) is 12.4 Å². The van der Waals surface area contributed by atoms with Crippen LogP contribution in [0.15, 0.2) is 30.3 Å². The minimum absolute atomic E-state index is 0.341. The Bertz CT molecular complexity index is 470. The molecular formula is C21H32O4. The van der Waals surface area contributed by atoms with Gasteiger partial charge < -0.3 is 9.47 Å². The number of para-hydroxylation sites is 1. The molecule has 0 fully saturated rings. The Labute approximate surface area is 151 Å². The van der Waals surface area contributed by atoms with Crippen molar-refractivity contribution >= 4 is 11.9 Å². The Balaban J connectivity index is 1.92. The fourth-order valence-electron chi connectivity index (χ4n) is 2.60. The standard InChI is InChI=1S/C21H32O4/c1-2-3-4-5-6-7-8-9-10-14-17-24-20(22)18-21(23)25-19-15-12-11-13-16-19/h11-13,15-16H,2-10,14,17-18H2,1H3. The number of carbonyl (C=O) groups excluding carboxylic acids is 2. The van der Waals surface area contributed by atoms with Crippen molar-refractivity contribution in [3.05, 3.63) is 30.3 Å². The van der Waals surface area contributed by atoms with Crippen LogP contribution in [-0.4, -0.2) is 18.5 Å². The second kappa shape index (κ2) is 14.5. The first-order chi connectivity index (χ1) is 12.2. The van der Waals surface area contributed by atoms with Crippen LogP contribution in [0.1, 0.15) is 77.6 Å². The summed E-state index contributed by atoms with van der Waals surface area (Å²) < 4.78 is 10.1. The van der Waals surface area contributed by atoms with Crippen LogP contribution < -0.4 is 4.74 Å². The highest BCUT2D eigenvalue weighted by atomic mass is 16.6. The largest absolute Gasteiger partial charge is 0.465 e. The van der Waals surface area contributed by atoms with Gasteiger partial charge in [-0.25, -0.2) is 0 Å². The third-order valence-electron chi connectivity index (χ3n) is 4.02. The van der Waals surface area contributed by atoms with Crippen LogP contribution in [0.2, 0.25) is 0 Å². The fraction of sp³-hybridized carbons (Fsp3) is 0.619. The molecule has 0 radical (unpaired) electrons. The minimum atomic E-state index is -0.584. The molecule has 1 aromatic rings. The number of hydrogen-bond donors (Lipinski definition) is 0. The highest BCUT2D eigenvalue weighted by Gasteiger charge is 2.12. The van der Waals surface area contributed by atoms with Crippen LogP contribution in [0.5, 0.6) is 5.75 Å². The maximum Gasteiger partial charge on any atom is 0.322 e. The zero-order chi connectivity index (χ0) is 18.2. The first kappa shape index (κ1) is 21.2. The topological polar surface area (TPSA) is 52.6 Å². The Morgan fingerprint density at radius 1 is 0.760 bits per heavy atom. The summed E-state index contributed by atoms with van der Waals surface area (Å²) >= 11 is 0. The van der Waals surface area contributed by atoms with Gasteiger partial charge in [0.05, 0.1) is 6.61 Å². The molecule has 0 aromatic heterocycles. The molecule has 0 atom stereocenters. The molecule has 0 aliphatic rings. The summed E-state index contributed by atoms with van der Waals surface area (Å²) in [6.45, 7) is 2.62. The molecule has 1 rings (SSSR count). The van der Waals surface area contributed by atoms with Crippen LogP contribution in [-0.2, 0) is 14.3 Å². The molecule has 140 valence electrons. The molecule has 1 aromatic carbocycles. The Morgan fingerprint density at radius 2 is 1.32 bits per heavy atom. The summed E-state index contributed by atoms with van der Waals surface area (Å²) in [7, 11) is 0. The summed E-state index contributed by atoms with van der Waals surface area (Å²) in [5.74, 6) is -0.661. The summed E-state index contributed by atoms with van der Waals surface area (Å²) in [5.41, 5.74) is 0. The second-order valence-electron chi connectivity index (χ2n) is 6.37. The van der Waals surface area contributed by atoms with E-state index in [0.717, 1.165) is 12.8 Å². The van der Waals surface area contributed by atoms with Crippen molar-refractivity contribution in [1.82, 2.24) is 0 Å². The maximum atomic E-state index is 11.6. The molecule has 0 saturated carbocycles. The highest BCUT2D eigenvalue weighted by Crippen LogP contribution is 2.11. The van der Waals surface area contributed by atoms with E-state index in [1.54, 1.807) is 24.3 Å². The van der Waals surface area contributed by atoms with E-state index in [-0.39, 0.29) is 6.42 Å². The average molecular weight is 348 g/mol.